The molecule has 0 amide bonds. The molecule has 0 N–H and O–H groups in total. The molecule has 1 heterocycles. The highest BCUT2D eigenvalue weighted by molar-refractivity contribution is 5.75. The Morgan fingerprint density at radius 3 is 2.58 bits per heavy atom. The van der Waals surface area contributed by atoms with Gasteiger partial charge in [-0.05, 0) is 12.5 Å². The third kappa shape index (κ3) is 1.29. The van der Waals surface area contributed by atoms with Crippen LogP contribution in [0.2, 0.25) is 0 Å². The first-order valence-corrected chi connectivity index (χ1v) is 4.06. The molecule has 1 saturated heterocycles. The van der Waals surface area contributed by atoms with Crippen molar-refractivity contribution in [2.45, 2.75) is 20.0 Å². The minimum Gasteiger partial charge on any atom is -0.457 e. The van der Waals surface area contributed by atoms with Crippen LogP contribution in [0.25, 0.3) is 0 Å². The van der Waals surface area contributed by atoms with Crippen molar-refractivity contribution >= 4 is 5.97 Å². The van der Waals surface area contributed by atoms with Crippen LogP contribution in [-0.2, 0) is 9.53 Å². The summed E-state index contributed by atoms with van der Waals surface area (Å²) in [4.78, 5) is 11.1. The number of rotatable bonds is 2. The van der Waals surface area contributed by atoms with E-state index in [-0.39, 0.29) is 23.9 Å². The van der Waals surface area contributed by atoms with Crippen LogP contribution in [0.3, 0.4) is 0 Å². The van der Waals surface area contributed by atoms with Gasteiger partial charge in [0.25, 0.3) is 0 Å². The van der Waals surface area contributed by atoms with E-state index in [0.29, 0.717) is 0 Å². The van der Waals surface area contributed by atoms with E-state index in [4.69, 9.17) is 4.74 Å². The molecule has 1 aliphatic heterocycles. The Bertz CT molecular complexity index is 230. The molecule has 12 heavy (non-hydrogen) atoms. The standard InChI is InChI=1S/C10H14O2/c1-5-8-7(4)10(11)12-9(8)6(2)3/h5,7-9H,1-2H2,3-4H3/t7-,8+,9+/m1/s1. The SMILES string of the molecule is C=C[C@H]1[C@@H](C)C(=O)O[C@H]1C(=C)C. The number of ether oxygens (including phenoxy) is 1. The second kappa shape index (κ2) is 3.13. The summed E-state index contributed by atoms with van der Waals surface area (Å²) < 4.78 is 5.13. The summed E-state index contributed by atoms with van der Waals surface area (Å²) in [6.45, 7) is 11.2. The third-order valence-corrected chi connectivity index (χ3v) is 2.30. The van der Waals surface area contributed by atoms with E-state index in [2.05, 4.69) is 13.2 Å². The number of cyclic esters (lactones) is 1. The van der Waals surface area contributed by atoms with E-state index < -0.39 is 0 Å². The molecule has 0 unspecified atom stereocenters. The summed E-state index contributed by atoms with van der Waals surface area (Å²) in [5.41, 5.74) is 0.887. The molecule has 1 fully saturated rings. The van der Waals surface area contributed by atoms with E-state index in [1.807, 2.05) is 13.8 Å². The van der Waals surface area contributed by atoms with Crippen molar-refractivity contribution in [2.75, 3.05) is 0 Å². The van der Waals surface area contributed by atoms with Crippen LogP contribution < -0.4 is 0 Å². The number of hydrogen-bond acceptors (Lipinski definition) is 2. The predicted molar refractivity (Wildman–Crippen MR) is 47.5 cm³/mol. The molecule has 0 saturated carbocycles. The molecule has 0 radical (unpaired) electrons. The molecule has 2 heteroatoms. The molecule has 1 aliphatic rings. The summed E-state index contributed by atoms with van der Waals surface area (Å²) in [5.74, 6) is -0.132. The summed E-state index contributed by atoms with van der Waals surface area (Å²) in [7, 11) is 0. The zero-order valence-electron chi connectivity index (χ0n) is 7.54. The molecule has 0 aromatic rings. The van der Waals surface area contributed by atoms with E-state index >= 15 is 0 Å². The van der Waals surface area contributed by atoms with E-state index in [1.54, 1.807) is 6.08 Å². The molecule has 66 valence electrons. The van der Waals surface area contributed by atoms with Crippen LogP contribution in [0.5, 0.6) is 0 Å². The van der Waals surface area contributed by atoms with Gasteiger partial charge in [0, 0.05) is 5.92 Å². The van der Waals surface area contributed by atoms with Crippen molar-refractivity contribution in [2.24, 2.45) is 11.8 Å². The second-order valence-corrected chi connectivity index (χ2v) is 3.31. The van der Waals surface area contributed by atoms with Crippen LogP contribution in [0.1, 0.15) is 13.8 Å². The molecule has 0 aliphatic carbocycles. The molecule has 2 nitrogen and oxygen atoms in total. The van der Waals surface area contributed by atoms with Crippen molar-refractivity contribution < 1.29 is 9.53 Å². The van der Waals surface area contributed by atoms with Gasteiger partial charge in [-0.2, -0.15) is 0 Å². The Labute approximate surface area is 72.9 Å². The number of esters is 1. The first-order valence-electron chi connectivity index (χ1n) is 4.06. The monoisotopic (exact) mass is 166 g/mol. The Balaban J connectivity index is 2.85. The Morgan fingerprint density at radius 2 is 2.25 bits per heavy atom. The first kappa shape index (κ1) is 9.04. The van der Waals surface area contributed by atoms with Crippen molar-refractivity contribution in [3.63, 3.8) is 0 Å². The fraction of sp³-hybridized carbons (Fsp3) is 0.500. The van der Waals surface area contributed by atoms with Gasteiger partial charge in [0.1, 0.15) is 6.10 Å². The van der Waals surface area contributed by atoms with E-state index in [0.717, 1.165) is 5.57 Å². The van der Waals surface area contributed by atoms with Gasteiger partial charge in [0.15, 0.2) is 0 Å². The van der Waals surface area contributed by atoms with E-state index in [1.165, 1.54) is 0 Å². The van der Waals surface area contributed by atoms with Crippen molar-refractivity contribution in [1.29, 1.82) is 0 Å². The first-order chi connectivity index (χ1) is 5.57. The highest BCUT2D eigenvalue weighted by atomic mass is 16.6. The highest BCUT2D eigenvalue weighted by Gasteiger charge is 2.39. The predicted octanol–water partition coefficient (Wildman–Crippen LogP) is 1.93. The molecule has 0 bridgehead atoms. The fourth-order valence-electron chi connectivity index (χ4n) is 1.49. The number of hydrogen-bond donors (Lipinski definition) is 0. The van der Waals surface area contributed by atoms with Crippen LogP contribution >= 0.6 is 0 Å². The van der Waals surface area contributed by atoms with Gasteiger partial charge in [-0.15, -0.1) is 6.58 Å². The molecule has 1 rings (SSSR count). The molecule has 0 aromatic heterocycles. The van der Waals surface area contributed by atoms with Gasteiger partial charge in [0.2, 0.25) is 0 Å². The van der Waals surface area contributed by atoms with Gasteiger partial charge in [0.05, 0.1) is 5.92 Å². The quantitative estimate of drug-likeness (QED) is 0.463. The average molecular weight is 166 g/mol. The smallest absolute Gasteiger partial charge is 0.310 e. The number of carbonyl (C=O) groups excluding carboxylic acids is 1. The Hall–Kier alpha value is -1.05. The maximum absolute atomic E-state index is 11.1. The van der Waals surface area contributed by atoms with Crippen molar-refractivity contribution in [3.05, 3.63) is 24.8 Å². The van der Waals surface area contributed by atoms with Crippen LogP contribution in [0.4, 0.5) is 0 Å². The minimum absolute atomic E-state index is 0.0794. The molecule has 0 spiro atoms. The van der Waals surface area contributed by atoms with Crippen LogP contribution in [-0.4, -0.2) is 12.1 Å². The Morgan fingerprint density at radius 1 is 1.67 bits per heavy atom. The largest absolute Gasteiger partial charge is 0.457 e. The lowest BCUT2D eigenvalue weighted by Crippen LogP contribution is -2.17. The lowest BCUT2D eigenvalue weighted by atomic mass is 9.89. The van der Waals surface area contributed by atoms with Gasteiger partial charge < -0.3 is 4.74 Å². The summed E-state index contributed by atoms with van der Waals surface area (Å²) in [6, 6.07) is 0. The maximum atomic E-state index is 11.1. The lowest BCUT2D eigenvalue weighted by Gasteiger charge is -2.14. The summed E-state index contributed by atoms with van der Waals surface area (Å²) in [5, 5.41) is 0. The zero-order chi connectivity index (χ0) is 9.30. The van der Waals surface area contributed by atoms with Crippen molar-refractivity contribution in [3.8, 4) is 0 Å². The summed E-state index contributed by atoms with van der Waals surface area (Å²) in [6.07, 6.45) is 1.61. The topological polar surface area (TPSA) is 26.3 Å². The average Bonchev–Trinajstić information content (AvgIpc) is 2.29. The van der Waals surface area contributed by atoms with Gasteiger partial charge in [-0.3, -0.25) is 4.79 Å². The van der Waals surface area contributed by atoms with Crippen LogP contribution in [0.15, 0.2) is 24.8 Å². The van der Waals surface area contributed by atoms with Gasteiger partial charge in [-0.25, -0.2) is 0 Å². The normalized spacial score (nSPS) is 34.5. The second-order valence-electron chi connectivity index (χ2n) is 3.31. The van der Waals surface area contributed by atoms with Gasteiger partial charge in [-0.1, -0.05) is 19.6 Å². The molecular weight excluding hydrogens is 152 g/mol. The minimum atomic E-state index is -0.162. The number of carbonyl (C=O) groups is 1. The maximum Gasteiger partial charge on any atom is 0.310 e. The van der Waals surface area contributed by atoms with Gasteiger partial charge >= 0.3 is 5.97 Å². The van der Waals surface area contributed by atoms with Crippen molar-refractivity contribution in [1.82, 2.24) is 0 Å². The highest BCUT2D eigenvalue weighted by Crippen LogP contribution is 2.32. The zero-order valence-corrected chi connectivity index (χ0v) is 7.54. The lowest BCUT2D eigenvalue weighted by molar-refractivity contribution is -0.142. The molecule has 0 aromatic carbocycles. The molecular formula is C10H14O2. The third-order valence-electron chi connectivity index (χ3n) is 2.30. The molecule has 3 atom stereocenters. The fourth-order valence-corrected chi connectivity index (χ4v) is 1.49. The summed E-state index contributed by atoms with van der Waals surface area (Å²) >= 11 is 0. The Kier molecular flexibility index (Phi) is 2.36. The van der Waals surface area contributed by atoms with Crippen LogP contribution in [0, 0.1) is 11.8 Å². The van der Waals surface area contributed by atoms with E-state index in [9.17, 15) is 4.79 Å².